The minimum atomic E-state index is -4.06. The van der Waals surface area contributed by atoms with Crippen LogP contribution < -0.4 is 4.74 Å². The molecule has 0 amide bonds. The van der Waals surface area contributed by atoms with E-state index in [0.717, 1.165) is 18.2 Å². The van der Waals surface area contributed by atoms with Crippen LogP contribution in [0.4, 0.5) is 17.6 Å². The van der Waals surface area contributed by atoms with Gasteiger partial charge in [0, 0.05) is 0 Å². The van der Waals surface area contributed by atoms with Crippen molar-refractivity contribution in [3.63, 3.8) is 0 Å². The lowest BCUT2D eigenvalue weighted by atomic mass is 9.89. The molecule has 0 bridgehead atoms. The van der Waals surface area contributed by atoms with Gasteiger partial charge in [0.1, 0.15) is 11.6 Å². The number of ether oxygens (including phenoxy) is 2. The summed E-state index contributed by atoms with van der Waals surface area (Å²) in [5, 5.41) is 10.5. The Balaban J connectivity index is 2.31. The molecule has 2 unspecified atom stereocenters. The molecule has 2 atom stereocenters. The molecular formula is C20H19ClF4O4. The van der Waals surface area contributed by atoms with E-state index in [1.54, 1.807) is 6.92 Å². The Kier molecular flexibility index (Phi) is 7.87. The number of carbonyl (C=O) groups excluding carboxylic acids is 1. The minimum absolute atomic E-state index is 0.0587. The van der Waals surface area contributed by atoms with Gasteiger partial charge in [-0.15, -0.1) is 0 Å². The van der Waals surface area contributed by atoms with Gasteiger partial charge in [-0.2, -0.15) is 8.78 Å². The number of halogens is 5. The van der Waals surface area contributed by atoms with Gasteiger partial charge in [0.2, 0.25) is 0 Å². The second kappa shape index (κ2) is 9.93. The summed E-state index contributed by atoms with van der Waals surface area (Å²) in [5.41, 5.74) is 0.595. The first-order chi connectivity index (χ1) is 13.7. The van der Waals surface area contributed by atoms with E-state index < -0.39 is 42.3 Å². The first kappa shape index (κ1) is 23.0. The van der Waals surface area contributed by atoms with E-state index in [0.29, 0.717) is 5.56 Å². The number of benzene rings is 2. The molecule has 2 aromatic rings. The summed E-state index contributed by atoms with van der Waals surface area (Å²) in [5.74, 6) is -2.82. The van der Waals surface area contributed by atoms with E-state index in [4.69, 9.17) is 16.3 Å². The number of carbonyl (C=O) groups is 1. The first-order valence-electron chi connectivity index (χ1n) is 8.68. The van der Waals surface area contributed by atoms with Crippen LogP contribution in [0, 0.1) is 11.7 Å². The summed E-state index contributed by atoms with van der Waals surface area (Å²) in [7, 11) is 0. The number of aliphatic hydroxyl groups excluding tert-OH is 1. The Morgan fingerprint density at radius 2 is 1.86 bits per heavy atom. The number of esters is 1. The van der Waals surface area contributed by atoms with Crippen molar-refractivity contribution in [3.05, 3.63) is 64.4 Å². The number of aliphatic hydroxyl groups is 1. The molecule has 0 radical (unpaired) electrons. The highest BCUT2D eigenvalue weighted by atomic mass is 35.5. The lowest BCUT2D eigenvalue weighted by Gasteiger charge is -2.22. The van der Waals surface area contributed by atoms with E-state index in [2.05, 4.69) is 4.74 Å². The molecule has 2 aromatic carbocycles. The highest BCUT2D eigenvalue weighted by molar-refractivity contribution is 6.32. The van der Waals surface area contributed by atoms with Crippen LogP contribution in [0.2, 0.25) is 5.02 Å². The predicted octanol–water partition coefficient (Wildman–Crippen LogP) is 4.88. The van der Waals surface area contributed by atoms with Crippen molar-refractivity contribution in [2.24, 2.45) is 5.92 Å². The Morgan fingerprint density at radius 3 is 2.45 bits per heavy atom. The second-order valence-electron chi connectivity index (χ2n) is 6.20. The van der Waals surface area contributed by atoms with Crippen LogP contribution in [0.25, 0.3) is 0 Å². The third kappa shape index (κ3) is 6.33. The predicted molar refractivity (Wildman–Crippen MR) is 98.2 cm³/mol. The van der Waals surface area contributed by atoms with Crippen molar-refractivity contribution in [1.29, 1.82) is 0 Å². The largest absolute Gasteiger partial charge is 0.466 e. The molecule has 4 nitrogen and oxygen atoms in total. The standard InChI is InChI=1S/C20H19ClF4O4/c1-2-28-19(27)15(18(26)13-4-6-14(23)7-5-13)9-12-3-8-16(21)17(10-12)29-20(24,25)11-22/h3-8,10,15,18,26H,2,9,11H2,1H3. The van der Waals surface area contributed by atoms with Crippen molar-refractivity contribution < 1.29 is 36.9 Å². The SMILES string of the molecule is CCOC(=O)C(Cc1ccc(Cl)c(OC(F)(F)CF)c1)C(O)c1ccc(F)cc1. The summed E-state index contributed by atoms with van der Waals surface area (Å²) in [6.07, 6.45) is -5.52. The van der Waals surface area contributed by atoms with Crippen molar-refractivity contribution in [2.45, 2.75) is 25.6 Å². The third-order valence-electron chi connectivity index (χ3n) is 4.05. The van der Waals surface area contributed by atoms with Gasteiger partial charge in [-0.05, 0) is 48.7 Å². The Labute approximate surface area is 170 Å². The average molecular weight is 435 g/mol. The van der Waals surface area contributed by atoms with E-state index in [1.165, 1.54) is 24.3 Å². The zero-order valence-electron chi connectivity index (χ0n) is 15.4. The number of hydrogen-bond acceptors (Lipinski definition) is 4. The Hall–Kier alpha value is -2.32. The number of rotatable bonds is 9. The fourth-order valence-corrected chi connectivity index (χ4v) is 2.82. The minimum Gasteiger partial charge on any atom is -0.466 e. The second-order valence-corrected chi connectivity index (χ2v) is 6.60. The summed E-state index contributed by atoms with van der Waals surface area (Å²) in [6, 6.07) is 8.76. The monoisotopic (exact) mass is 434 g/mol. The van der Waals surface area contributed by atoms with Crippen LogP contribution in [0.5, 0.6) is 5.75 Å². The van der Waals surface area contributed by atoms with Gasteiger partial charge < -0.3 is 14.6 Å². The van der Waals surface area contributed by atoms with E-state index in [9.17, 15) is 27.5 Å². The van der Waals surface area contributed by atoms with Crippen LogP contribution in [0.1, 0.15) is 24.2 Å². The van der Waals surface area contributed by atoms with Gasteiger partial charge in [-0.25, -0.2) is 8.78 Å². The number of alkyl halides is 3. The molecule has 0 aliphatic rings. The lowest BCUT2D eigenvalue weighted by Crippen LogP contribution is -2.28. The van der Waals surface area contributed by atoms with Crippen molar-refractivity contribution >= 4 is 17.6 Å². The summed E-state index contributed by atoms with van der Waals surface area (Å²) in [6.45, 7) is -0.391. The molecule has 0 aliphatic carbocycles. The molecule has 29 heavy (non-hydrogen) atoms. The van der Waals surface area contributed by atoms with Crippen LogP contribution in [-0.4, -0.2) is 30.5 Å². The maximum absolute atomic E-state index is 13.2. The van der Waals surface area contributed by atoms with Gasteiger partial charge in [0.05, 0.1) is 23.7 Å². The molecule has 1 N–H and O–H groups in total. The highest BCUT2D eigenvalue weighted by Crippen LogP contribution is 2.33. The number of hydrogen-bond donors (Lipinski definition) is 1. The molecular weight excluding hydrogens is 416 g/mol. The summed E-state index contributed by atoms with van der Waals surface area (Å²) in [4.78, 5) is 12.4. The molecule has 158 valence electrons. The fraction of sp³-hybridized carbons (Fsp3) is 0.350. The fourth-order valence-electron chi connectivity index (χ4n) is 2.66. The van der Waals surface area contributed by atoms with Crippen molar-refractivity contribution in [1.82, 2.24) is 0 Å². The molecule has 0 aliphatic heterocycles. The van der Waals surface area contributed by atoms with Crippen LogP contribution in [0.15, 0.2) is 42.5 Å². The molecule has 2 rings (SSSR count). The average Bonchev–Trinajstić information content (AvgIpc) is 2.68. The van der Waals surface area contributed by atoms with Gasteiger partial charge >= 0.3 is 12.1 Å². The lowest BCUT2D eigenvalue weighted by molar-refractivity contribution is -0.186. The van der Waals surface area contributed by atoms with Crippen LogP contribution in [-0.2, 0) is 16.0 Å². The van der Waals surface area contributed by atoms with Gasteiger partial charge in [0.25, 0.3) is 0 Å². The molecule has 0 saturated carbocycles. The van der Waals surface area contributed by atoms with Gasteiger partial charge in [0.15, 0.2) is 6.67 Å². The van der Waals surface area contributed by atoms with Crippen molar-refractivity contribution in [3.8, 4) is 5.75 Å². The molecule has 0 saturated heterocycles. The summed E-state index contributed by atoms with van der Waals surface area (Å²) < 4.78 is 61.3. The van der Waals surface area contributed by atoms with Gasteiger partial charge in [-0.3, -0.25) is 4.79 Å². The third-order valence-corrected chi connectivity index (χ3v) is 4.36. The quantitative estimate of drug-likeness (QED) is 0.451. The maximum Gasteiger partial charge on any atom is 0.427 e. The first-order valence-corrected chi connectivity index (χ1v) is 9.06. The van der Waals surface area contributed by atoms with Crippen LogP contribution >= 0.6 is 11.6 Å². The van der Waals surface area contributed by atoms with Crippen molar-refractivity contribution in [2.75, 3.05) is 13.3 Å². The molecule has 0 heterocycles. The molecule has 9 heteroatoms. The zero-order chi connectivity index (χ0) is 21.6. The molecule has 0 fully saturated rings. The molecule has 0 aromatic heterocycles. The van der Waals surface area contributed by atoms with E-state index in [-0.39, 0.29) is 23.6 Å². The zero-order valence-corrected chi connectivity index (χ0v) is 16.1. The van der Waals surface area contributed by atoms with Crippen LogP contribution in [0.3, 0.4) is 0 Å². The van der Waals surface area contributed by atoms with Gasteiger partial charge in [-0.1, -0.05) is 29.8 Å². The normalized spacial score (nSPS) is 13.6. The summed E-state index contributed by atoms with van der Waals surface area (Å²) >= 11 is 5.82. The molecule has 0 spiro atoms. The van der Waals surface area contributed by atoms with E-state index in [1.807, 2.05) is 0 Å². The Bertz CT molecular complexity index is 830. The van der Waals surface area contributed by atoms with E-state index >= 15 is 0 Å². The maximum atomic E-state index is 13.2. The highest BCUT2D eigenvalue weighted by Gasteiger charge is 2.33. The topological polar surface area (TPSA) is 55.8 Å². The Morgan fingerprint density at radius 1 is 1.21 bits per heavy atom. The smallest absolute Gasteiger partial charge is 0.427 e.